The summed E-state index contributed by atoms with van der Waals surface area (Å²) in [5, 5.41) is 14.8. The van der Waals surface area contributed by atoms with Crippen molar-refractivity contribution in [3.05, 3.63) is 74.9 Å². The van der Waals surface area contributed by atoms with Gasteiger partial charge in [0.25, 0.3) is 0 Å². The van der Waals surface area contributed by atoms with Gasteiger partial charge in [-0.1, -0.05) is 34.8 Å². The zero-order valence-electron chi connectivity index (χ0n) is 13.0. The number of aromatic hydroxyl groups is 1. The highest BCUT2D eigenvalue weighted by Crippen LogP contribution is 2.31. The van der Waals surface area contributed by atoms with Gasteiger partial charge in [-0.05, 0) is 48.5 Å². The summed E-state index contributed by atoms with van der Waals surface area (Å²) >= 11 is 17.8. The van der Waals surface area contributed by atoms with Gasteiger partial charge in [0.15, 0.2) is 5.76 Å². The second-order valence-electron chi connectivity index (χ2n) is 5.19. The Hall–Kier alpha value is -2.47. The number of nitrogens with one attached hydrogen (secondary N) is 1. The molecule has 1 heterocycles. The van der Waals surface area contributed by atoms with E-state index in [9.17, 15) is 9.90 Å². The molecule has 0 aliphatic heterocycles. The number of hydrogen-bond acceptors (Lipinski definition) is 4. The SMILES string of the molecule is O=C(NN=Cc1cc(Cl)ccc1O)c1ccc(-c2ccc(Cl)cc2Cl)o1. The van der Waals surface area contributed by atoms with Crippen LogP contribution in [0.3, 0.4) is 0 Å². The molecule has 26 heavy (non-hydrogen) atoms. The van der Waals surface area contributed by atoms with Crippen LogP contribution in [0.4, 0.5) is 0 Å². The van der Waals surface area contributed by atoms with E-state index in [4.69, 9.17) is 39.2 Å². The summed E-state index contributed by atoms with van der Waals surface area (Å²) in [4.78, 5) is 12.1. The highest BCUT2D eigenvalue weighted by atomic mass is 35.5. The second kappa shape index (κ2) is 7.83. The number of phenols is 1. The van der Waals surface area contributed by atoms with E-state index in [0.717, 1.165) is 0 Å². The molecule has 0 saturated carbocycles. The first-order valence-corrected chi connectivity index (χ1v) is 8.44. The minimum atomic E-state index is -0.556. The van der Waals surface area contributed by atoms with Gasteiger partial charge < -0.3 is 9.52 Å². The molecule has 0 saturated heterocycles. The third kappa shape index (κ3) is 4.19. The maximum absolute atomic E-state index is 12.1. The van der Waals surface area contributed by atoms with Crippen LogP contribution in [0.25, 0.3) is 11.3 Å². The van der Waals surface area contributed by atoms with E-state index in [1.807, 2.05) is 0 Å². The third-order valence-corrected chi connectivity index (χ3v) is 4.17. The van der Waals surface area contributed by atoms with Crippen molar-refractivity contribution in [1.82, 2.24) is 5.43 Å². The number of halogens is 3. The summed E-state index contributed by atoms with van der Waals surface area (Å²) in [5.41, 5.74) is 3.29. The quantitative estimate of drug-likeness (QED) is 0.449. The van der Waals surface area contributed by atoms with Crippen LogP contribution in [-0.4, -0.2) is 17.2 Å². The number of hydrazone groups is 1. The van der Waals surface area contributed by atoms with E-state index >= 15 is 0 Å². The fourth-order valence-electron chi connectivity index (χ4n) is 2.14. The number of benzene rings is 2. The van der Waals surface area contributed by atoms with E-state index in [0.29, 0.717) is 32.0 Å². The predicted molar refractivity (Wildman–Crippen MR) is 102 cm³/mol. The standard InChI is InChI=1S/C18H11Cl3N2O3/c19-11-2-4-15(24)10(7-11)9-22-23-18(25)17-6-5-16(26-17)13-3-1-12(20)8-14(13)21/h1-9,24H,(H,23,25). The summed E-state index contributed by atoms with van der Waals surface area (Å²) in [6.07, 6.45) is 1.28. The van der Waals surface area contributed by atoms with Crippen LogP contribution < -0.4 is 5.43 Å². The van der Waals surface area contributed by atoms with Gasteiger partial charge in [-0.2, -0.15) is 5.10 Å². The molecule has 132 valence electrons. The Bertz CT molecular complexity index is 999. The molecule has 2 aromatic carbocycles. The largest absolute Gasteiger partial charge is 0.507 e. The topological polar surface area (TPSA) is 74.8 Å². The van der Waals surface area contributed by atoms with Crippen molar-refractivity contribution in [1.29, 1.82) is 0 Å². The lowest BCUT2D eigenvalue weighted by atomic mass is 10.2. The average Bonchev–Trinajstić information content (AvgIpc) is 3.07. The molecule has 5 nitrogen and oxygen atoms in total. The number of carbonyl (C=O) groups excluding carboxylic acids is 1. The summed E-state index contributed by atoms with van der Waals surface area (Å²) in [5.74, 6) is -0.0871. The Labute approximate surface area is 163 Å². The first-order valence-electron chi connectivity index (χ1n) is 7.31. The van der Waals surface area contributed by atoms with Crippen molar-refractivity contribution in [3.8, 4) is 17.1 Å². The van der Waals surface area contributed by atoms with E-state index in [2.05, 4.69) is 10.5 Å². The van der Waals surface area contributed by atoms with Crippen molar-refractivity contribution in [2.45, 2.75) is 0 Å². The number of hydrogen-bond donors (Lipinski definition) is 2. The number of phenolic OH excluding ortho intramolecular Hbond substituents is 1. The minimum Gasteiger partial charge on any atom is -0.507 e. The van der Waals surface area contributed by atoms with Gasteiger partial charge >= 0.3 is 5.91 Å². The van der Waals surface area contributed by atoms with Crippen LogP contribution in [0.15, 0.2) is 58.0 Å². The monoisotopic (exact) mass is 408 g/mol. The molecule has 3 aromatic rings. The Kier molecular flexibility index (Phi) is 5.52. The highest BCUT2D eigenvalue weighted by molar-refractivity contribution is 6.36. The van der Waals surface area contributed by atoms with E-state index in [1.165, 1.54) is 24.4 Å². The van der Waals surface area contributed by atoms with Gasteiger partial charge in [-0.15, -0.1) is 0 Å². The molecule has 1 aromatic heterocycles. The lowest BCUT2D eigenvalue weighted by molar-refractivity contribution is 0.0928. The first kappa shape index (κ1) is 18.3. The Morgan fingerprint density at radius 1 is 1.04 bits per heavy atom. The Balaban J connectivity index is 1.72. The van der Waals surface area contributed by atoms with E-state index in [-0.39, 0.29) is 11.5 Å². The van der Waals surface area contributed by atoms with Crippen molar-refractivity contribution >= 4 is 46.9 Å². The highest BCUT2D eigenvalue weighted by Gasteiger charge is 2.13. The first-order chi connectivity index (χ1) is 12.4. The fraction of sp³-hybridized carbons (Fsp3) is 0. The van der Waals surface area contributed by atoms with Gasteiger partial charge in [0.1, 0.15) is 11.5 Å². The zero-order chi connectivity index (χ0) is 18.7. The third-order valence-electron chi connectivity index (χ3n) is 3.39. The summed E-state index contributed by atoms with van der Waals surface area (Å²) in [6.45, 7) is 0. The molecule has 0 bridgehead atoms. The van der Waals surface area contributed by atoms with E-state index < -0.39 is 5.91 Å². The van der Waals surface area contributed by atoms with Crippen molar-refractivity contribution in [3.63, 3.8) is 0 Å². The van der Waals surface area contributed by atoms with Crippen LogP contribution in [0.1, 0.15) is 16.1 Å². The maximum atomic E-state index is 12.1. The zero-order valence-corrected chi connectivity index (χ0v) is 15.3. The molecule has 0 radical (unpaired) electrons. The number of furan rings is 1. The molecule has 8 heteroatoms. The normalized spacial score (nSPS) is 11.0. The smallest absolute Gasteiger partial charge is 0.307 e. The maximum Gasteiger partial charge on any atom is 0.307 e. The van der Waals surface area contributed by atoms with Gasteiger partial charge in [-0.25, -0.2) is 5.43 Å². The number of amides is 1. The van der Waals surface area contributed by atoms with Crippen LogP contribution in [0.5, 0.6) is 5.75 Å². The summed E-state index contributed by atoms with van der Waals surface area (Å²) in [7, 11) is 0. The van der Waals surface area contributed by atoms with Crippen molar-refractivity contribution < 1.29 is 14.3 Å². The predicted octanol–water partition coefficient (Wildman–Crippen LogP) is 5.38. The second-order valence-corrected chi connectivity index (χ2v) is 6.47. The number of nitrogens with zero attached hydrogens (tertiary/aromatic N) is 1. The molecule has 0 aliphatic rings. The fourth-order valence-corrected chi connectivity index (χ4v) is 2.82. The lowest BCUT2D eigenvalue weighted by Crippen LogP contribution is -2.16. The lowest BCUT2D eigenvalue weighted by Gasteiger charge is -2.01. The molecular weight excluding hydrogens is 399 g/mol. The molecule has 0 atom stereocenters. The van der Waals surface area contributed by atoms with Gasteiger partial charge in [0, 0.05) is 21.2 Å². The van der Waals surface area contributed by atoms with Gasteiger partial charge in [-0.3, -0.25) is 4.79 Å². The van der Waals surface area contributed by atoms with Crippen LogP contribution in [0.2, 0.25) is 15.1 Å². The molecule has 0 fully saturated rings. The molecule has 0 aliphatic carbocycles. The molecule has 0 spiro atoms. The molecule has 0 unspecified atom stereocenters. The Morgan fingerprint density at radius 3 is 2.54 bits per heavy atom. The summed E-state index contributed by atoms with van der Waals surface area (Å²) in [6, 6.07) is 12.6. The molecule has 2 N–H and O–H groups in total. The Morgan fingerprint density at radius 2 is 1.77 bits per heavy atom. The molecule has 1 amide bonds. The van der Waals surface area contributed by atoms with E-state index in [1.54, 1.807) is 30.3 Å². The number of carbonyl (C=O) groups is 1. The summed E-state index contributed by atoms with van der Waals surface area (Å²) < 4.78 is 5.51. The van der Waals surface area contributed by atoms with Crippen LogP contribution in [-0.2, 0) is 0 Å². The van der Waals surface area contributed by atoms with Gasteiger partial charge in [0.2, 0.25) is 0 Å². The van der Waals surface area contributed by atoms with Crippen LogP contribution >= 0.6 is 34.8 Å². The van der Waals surface area contributed by atoms with Crippen molar-refractivity contribution in [2.24, 2.45) is 5.10 Å². The number of rotatable bonds is 4. The molecular formula is C18H11Cl3N2O3. The minimum absolute atomic E-state index is 0.00920. The molecule has 3 rings (SSSR count). The van der Waals surface area contributed by atoms with Gasteiger partial charge in [0.05, 0.1) is 11.2 Å². The average molecular weight is 410 g/mol. The van der Waals surface area contributed by atoms with Crippen molar-refractivity contribution in [2.75, 3.05) is 0 Å². The van der Waals surface area contributed by atoms with Crippen LogP contribution in [0, 0.1) is 0 Å².